The van der Waals surface area contributed by atoms with Crippen molar-refractivity contribution in [1.82, 2.24) is 0 Å². The minimum Gasteiger partial charge on any atom is -0.449 e. The molecule has 1 unspecified atom stereocenters. The summed E-state index contributed by atoms with van der Waals surface area (Å²) >= 11 is 0. The summed E-state index contributed by atoms with van der Waals surface area (Å²) in [6, 6.07) is 3.62. The molecule has 5 nitrogen and oxygen atoms in total. The van der Waals surface area contributed by atoms with E-state index in [9.17, 15) is 4.57 Å². The van der Waals surface area contributed by atoms with Gasteiger partial charge in [-0.15, -0.1) is 0 Å². The summed E-state index contributed by atoms with van der Waals surface area (Å²) in [5, 5.41) is 2.45. The average Bonchev–Trinajstić information content (AvgIpc) is 3.00. The summed E-state index contributed by atoms with van der Waals surface area (Å²) in [4.78, 5) is 0. The van der Waals surface area contributed by atoms with Crippen molar-refractivity contribution < 1.29 is 18.0 Å². The first-order chi connectivity index (χ1) is 11.0. The number of unbranched alkanes of at least 4 members (excludes halogenated alkanes) is 2. The van der Waals surface area contributed by atoms with E-state index in [4.69, 9.17) is 13.5 Å². The molecule has 0 amide bonds. The van der Waals surface area contributed by atoms with Crippen molar-refractivity contribution in [3.63, 3.8) is 0 Å². The molecular formula is C17H32NO4P. The van der Waals surface area contributed by atoms with Gasteiger partial charge in [-0.3, -0.25) is 4.57 Å². The van der Waals surface area contributed by atoms with Gasteiger partial charge >= 0.3 is 7.60 Å². The topological polar surface area (TPSA) is 60.7 Å². The first-order valence-corrected chi connectivity index (χ1v) is 10.3. The molecule has 134 valence electrons. The minimum atomic E-state index is -3.33. The lowest BCUT2D eigenvalue weighted by Gasteiger charge is -2.36. The molecule has 1 atom stereocenters. The van der Waals surface area contributed by atoms with Crippen LogP contribution in [0.3, 0.4) is 0 Å². The van der Waals surface area contributed by atoms with Crippen LogP contribution in [0.2, 0.25) is 0 Å². The molecule has 0 bridgehead atoms. The van der Waals surface area contributed by atoms with Crippen LogP contribution in [0.15, 0.2) is 22.8 Å². The molecule has 0 aromatic carbocycles. The van der Waals surface area contributed by atoms with E-state index in [1.54, 1.807) is 12.3 Å². The molecule has 0 spiro atoms. The van der Waals surface area contributed by atoms with Crippen molar-refractivity contribution in [2.24, 2.45) is 0 Å². The molecule has 0 radical (unpaired) electrons. The Hall–Kier alpha value is -0.770. The van der Waals surface area contributed by atoms with Gasteiger partial charge in [0.25, 0.3) is 0 Å². The zero-order valence-electron chi connectivity index (χ0n) is 15.0. The molecule has 1 aromatic heterocycles. The third-order valence-electron chi connectivity index (χ3n) is 3.77. The quantitative estimate of drug-likeness (QED) is 0.349. The second kappa shape index (κ2) is 10.2. The maximum Gasteiger partial charge on any atom is 0.355 e. The monoisotopic (exact) mass is 345 g/mol. The molecule has 1 rings (SSSR count). The van der Waals surface area contributed by atoms with Gasteiger partial charge in [0.1, 0.15) is 5.28 Å². The van der Waals surface area contributed by atoms with Gasteiger partial charge < -0.3 is 18.8 Å². The molecular weight excluding hydrogens is 313 g/mol. The van der Waals surface area contributed by atoms with Crippen LogP contribution in [-0.2, 0) is 13.6 Å². The predicted octanol–water partition coefficient (Wildman–Crippen LogP) is 6.03. The van der Waals surface area contributed by atoms with Gasteiger partial charge in [0.05, 0.1) is 19.5 Å². The fourth-order valence-electron chi connectivity index (χ4n) is 2.35. The average molecular weight is 345 g/mol. The van der Waals surface area contributed by atoms with Crippen molar-refractivity contribution >= 4 is 13.5 Å². The lowest BCUT2D eigenvalue weighted by atomic mass is 10.2. The van der Waals surface area contributed by atoms with Crippen LogP contribution in [0, 0.1) is 0 Å². The number of hydrogen-bond acceptors (Lipinski definition) is 5. The Balaban J connectivity index is 2.96. The predicted molar refractivity (Wildman–Crippen MR) is 95.0 cm³/mol. The van der Waals surface area contributed by atoms with Gasteiger partial charge in [-0.2, -0.15) is 0 Å². The highest BCUT2D eigenvalue weighted by atomic mass is 31.2. The fourth-order valence-corrected chi connectivity index (χ4v) is 4.48. The van der Waals surface area contributed by atoms with Gasteiger partial charge in [0.15, 0.2) is 5.88 Å². The Morgan fingerprint density at radius 2 is 1.74 bits per heavy atom. The van der Waals surface area contributed by atoms with Crippen molar-refractivity contribution in [3.8, 4) is 0 Å². The van der Waals surface area contributed by atoms with E-state index >= 15 is 0 Å². The molecule has 23 heavy (non-hydrogen) atoms. The van der Waals surface area contributed by atoms with Crippen LogP contribution in [0.1, 0.15) is 66.2 Å². The van der Waals surface area contributed by atoms with Crippen LogP contribution in [0.5, 0.6) is 0 Å². The van der Waals surface area contributed by atoms with Crippen molar-refractivity contribution in [3.05, 3.63) is 18.4 Å². The molecule has 0 saturated carbocycles. The summed E-state index contributed by atoms with van der Waals surface area (Å²) < 4.78 is 30.6. The van der Waals surface area contributed by atoms with E-state index < -0.39 is 12.9 Å². The minimum absolute atomic E-state index is 0.443. The molecule has 6 heteroatoms. The highest BCUT2D eigenvalue weighted by molar-refractivity contribution is 7.55. The van der Waals surface area contributed by atoms with E-state index in [1.807, 2.05) is 13.0 Å². The first-order valence-electron chi connectivity index (χ1n) is 8.72. The van der Waals surface area contributed by atoms with E-state index in [2.05, 4.69) is 26.1 Å². The maximum atomic E-state index is 13.6. The normalized spacial score (nSPS) is 14.6. The summed E-state index contributed by atoms with van der Waals surface area (Å²) in [7, 11) is -3.33. The van der Waals surface area contributed by atoms with E-state index in [0.717, 1.165) is 32.1 Å². The Bertz CT molecular complexity index is 449. The second-order valence-corrected chi connectivity index (χ2v) is 8.50. The van der Waals surface area contributed by atoms with Gasteiger partial charge in [-0.05, 0) is 32.3 Å². The van der Waals surface area contributed by atoms with Crippen molar-refractivity contribution in [1.29, 1.82) is 0 Å². The van der Waals surface area contributed by atoms with Gasteiger partial charge in [-0.25, -0.2) is 0 Å². The van der Waals surface area contributed by atoms with Crippen molar-refractivity contribution in [2.75, 3.05) is 18.5 Å². The largest absolute Gasteiger partial charge is 0.449 e. The fraction of sp³-hybridized carbons (Fsp3) is 0.765. The van der Waals surface area contributed by atoms with E-state index in [-0.39, 0.29) is 0 Å². The standard InChI is InChI=1S/C17H32NO4P/c1-5-8-14-21-23(19,22-15-9-6-2)17(4,12-7-3)18-16-11-10-13-20-16/h10-11,13,18H,5-9,12,14-15H2,1-4H3. The highest BCUT2D eigenvalue weighted by Gasteiger charge is 2.47. The smallest absolute Gasteiger partial charge is 0.355 e. The summed E-state index contributed by atoms with van der Waals surface area (Å²) in [6.45, 7) is 9.01. The second-order valence-electron chi connectivity index (χ2n) is 6.00. The highest BCUT2D eigenvalue weighted by Crippen LogP contribution is 2.61. The van der Waals surface area contributed by atoms with Crippen LogP contribution < -0.4 is 5.32 Å². The number of hydrogen-bond donors (Lipinski definition) is 1. The zero-order valence-corrected chi connectivity index (χ0v) is 15.9. The molecule has 0 saturated heterocycles. The van der Waals surface area contributed by atoms with E-state index in [0.29, 0.717) is 25.5 Å². The lowest BCUT2D eigenvalue weighted by Crippen LogP contribution is -2.36. The molecule has 1 N–H and O–H groups in total. The van der Waals surface area contributed by atoms with Gasteiger partial charge in [0.2, 0.25) is 0 Å². The molecule has 0 aliphatic carbocycles. The Labute approximate surface area is 140 Å². The molecule has 1 aromatic rings. The third-order valence-corrected chi connectivity index (χ3v) is 6.36. The Morgan fingerprint density at radius 3 is 2.17 bits per heavy atom. The number of anilines is 1. The molecule has 0 aliphatic rings. The van der Waals surface area contributed by atoms with Crippen LogP contribution in [0.4, 0.5) is 5.88 Å². The molecule has 0 aliphatic heterocycles. The van der Waals surface area contributed by atoms with Crippen molar-refractivity contribution in [2.45, 2.75) is 71.5 Å². The number of rotatable bonds is 13. The van der Waals surface area contributed by atoms with Gasteiger partial charge in [-0.1, -0.05) is 40.0 Å². The number of nitrogens with one attached hydrogen (secondary N) is 1. The first kappa shape index (κ1) is 20.3. The van der Waals surface area contributed by atoms with Crippen LogP contribution in [-0.4, -0.2) is 18.5 Å². The van der Waals surface area contributed by atoms with Crippen LogP contribution in [0.25, 0.3) is 0 Å². The third kappa shape index (κ3) is 5.98. The Kier molecular flexibility index (Phi) is 8.96. The lowest BCUT2D eigenvalue weighted by molar-refractivity contribution is 0.181. The summed E-state index contributed by atoms with van der Waals surface area (Å²) in [6.07, 6.45) is 6.84. The SMILES string of the molecule is CCCCOP(=O)(OCCCC)C(C)(CCC)Nc1ccco1. The number of furan rings is 1. The van der Waals surface area contributed by atoms with E-state index in [1.165, 1.54) is 0 Å². The summed E-state index contributed by atoms with van der Waals surface area (Å²) in [5.74, 6) is 0.583. The Morgan fingerprint density at radius 1 is 1.13 bits per heavy atom. The van der Waals surface area contributed by atoms with Crippen LogP contribution >= 0.6 is 7.60 Å². The molecule has 0 fully saturated rings. The zero-order chi connectivity index (χ0) is 17.2. The maximum absolute atomic E-state index is 13.6. The summed E-state index contributed by atoms with van der Waals surface area (Å²) in [5.41, 5.74) is 0. The van der Waals surface area contributed by atoms with Gasteiger partial charge in [0, 0.05) is 6.07 Å². The molecule has 1 heterocycles.